The van der Waals surface area contributed by atoms with E-state index < -0.39 is 0 Å². The van der Waals surface area contributed by atoms with Crippen LogP contribution in [0.3, 0.4) is 0 Å². The number of nitrogens with zero attached hydrogens (tertiary/aromatic N) is 2. The Hall–Kier alpha value is -2.30. The molecule has 0 aliphatic heterocycles. The lowest BCUT2D eigenvalue weighted by Crippen LogP contribution is -2.37. The van der Waals surface area contributed by atoms with Crippen molar-refractivity contribution in [3.8, 4) is 11.5 Å². The van der Waals surface area contributed by atoms with Gasteiger partial charge < -0.3 is 15.1 Å². The standard InChI is InChI=1S/C17H22N4O/c1-12-3-7-14(8-4-12)16-21-15(11-22-16)10-20-17(18-2)19-9-13-5-6-13/h3-4,7-8,11,13H,5-6,9-10H2,1-2H3,(H2,18,19,20). The molecule has 0 bridgehead atoms. The van der Waals surface area contributed by atoms with Crippen LogP contribution in [0.25, 0.3) is 11.5 Å². The number of hydrogen-bond donors (Lipinski definition) is 2. The first kappa shape index (κ1) is 14.6. The third-order valence-electron chi connectivity index (χ3n) is 3.77. The van der Waals surface area contributed by atoms with Crippen molar-refractivity contribution in [2.45, 2.75) is 26.3 Å². The smallest absolute Gasteiger partial charge is 0.226 e. The summed E-state index contributed by atoms with van der Waals surface area (Å²) in [5, 5.41) is 6.59. The molecule has 0 atom stereocenters. The molecule has 3 rings (SSSR count). The Morgan fingerprint density at radius 2 is 2.05 bits per heavy atom. The van der Waals surface area contributed by atoms with Gasteiger partial charge in [0.2, 0.25) is 5.89 Å². The van der Waals surface area contributed by atoms with E-state index >= 15 is 0 Å². The second-order valence-corrected chi connectivity index (χ2v) is 5.76. The lowest BCUT2D eigenvalue weighted by molar-refractivity contribution is 0.572. The maximum Gasteiger partial charge on any atom is 0.226 e. The zero-order valence-electron chi connectivity index (χ0n) is 13.1. The molecule has 5 heteroatoms. The highest BCUT2D eigenvalue weighted by Crippen LogP contribution is 2.27. The van der Waals surface area contributed by atoms with Gasteiger partial charge in [-0.15, -0.1) is 0 Å². The van der Waals surface area contributed by atoms with Gasteiger partial charge >= 0.3 is 0 Å². The van der Waals surface area contributed by atoms with E-state index in [1.165, 1.54) is 18.4 Å². The van der Waals surface area contributed by atoms with Crippen LogP contribution in [-0.4, -0.2) is 24.5 Å². The van der Waals surface area contributed by atoms with Crippen molar-refractivity contribution < 1.29 is 4.42 Å². The van der Waals surface area contributed by atoms with Gasteiger partial charge in [-0.2, -0.15) is 0 Å². The number of hydrogen-bond acceptors (Lipinski definition) is 3. The summed E-state index contributed by atoms with van der Waals surface area (Å²) in [6, 6.07) is 8.16. The molecule has 1 heterocycles. The van der Waals surface area contributed by atoms with Crippen LogP contribution in [-0.2, 0) is 6.54 Å². The summed E-state index contributed by atoms with van der Waals surface area (Å²) in [5.41, 5.74) is 3.08. The quantitative estimate of drug-likeness (QED) is 0.658. The summed E-state index contributed by atoms with van der Waals surface area (Å²) in [4.78, 5) is 8.73. The van der Waals surface area contributed by atoms with Gasteiger partial charge in [-0.1, -0.05) is 17.7 Å². The Morgan fingerprint density at radius 3 is 2.73 bits per heavy atom. The second-order valence-electron chi connectivity index (χ2n) is 5.76. The monoisotopic (exact) mass is 298 g/mol. The number of aliphatic imine (C=N–C) groups is 1. The molecule has 1 aliphatic rings. The summed E-state index contributed by atoms with van der Waals surface area (Å²) in [6.45, 7) is 3.65. The fourth-order valence-electron chi connectivity index (χ4n) is 2.17. The Morgan fingerprint density at radius 1 is 1.27 bits per heavy atom. The van der Waals surface area contributed by atoms with E-state index in [9.17, 15) is 0 Å². The van der Waals surface area contributed by atoms with E-state index in [2.05, 4.69) is 39.7 Å². The Labute approximate surface area is 130 Å². The van der Waals surface area contributed by atoms with E-state index in [4.69, 9.17) is 4.42 Å². The van der Waals surface area contributed by atoms with E-state index in [1.807, 2.05) is 12.1 Å². The normalized spacial score (nSPS) is 14.9. The van der Waals surface area contributed by atoms with Crippen molar-refractivity contribution in [1.82, 2.24) is 15.6 Å². The zero-order chi connectivity index (χ0) is 15.4. The molecule has 2 aromatic rings. The predicted molar refractivity (Wildman–Crippen MR) is 87.6 cm³/mol. The number of benzene rings is 1. The molecular weight excluding hydrogens is 276 g/mol. The molecule has 1 aromatic heterocycles. The maximum absolute atomic E-state index is 5.55. The van der Waals surface area contributed by atoms with E-state index in [0.717, 1.165) is 29.7 Å². The second kappa shape index (κ2) is 6.64. The van der Waals surface area contributed by atoms with Gasteiger partial charge in [0, 0.05) is 19.2 Å². The number of nitrogens with one attached hydrogen (secondary N) is 2. The third kappa shape index (κ3) is 3.87. The molecule has 0 unspecified atom stereocenters. The molecule has 0 radical (unpaired) electrons. The Kier molecular flexibility index (Phi) is 4.42. The molecule has 2 N–H and O–H groups in total. The zero-order valence-corrected chi connectivity index (χ0v) is 13.1. The molecular formula is C17H22N4O. The van der Waals surface area contributed by atoms with Crippen LogP contribution >= 0.6 is 0 Å². The van der Waals surface area contributed by atoms with Crippen LogP contribution in [0.1, 0.15) is 24.1 Å². The minimum atomic E-state index is 0.597. The summed E-state index contributed by atoms with van der Waals surface area (Å²) in [6.07, 6.45) is 4.34. The summed E-state index contributed by atoms with van der Waals surface area (Å²) in [7, 11) is 1.78. The van der Waals surface area contributed by atoms with Crippen molar-refractivity contribution in [2.24, 2.45) is 10.9 Å². The van der Waals surface area contributed by atoms with Crippen molar-refractivity contribution in [2.75, 3.05) is 13.6 Å². The summed E-state index contributed by atoms with van der Waals surface area (Å²) >= 11 is 0. The lowest BCUT2D eigenvalue weighted by Gasteiger charge is -2.09. The van der Waals surface area contributed by atoms with Crippen molar-refractivity contribution in [3.05, 3.63) is 41.8 Å². The average Bonchev–Trinajstić information content (AvgIpc) is 3.25. The van der Waals surface area contributed by atoms with Gasteiger partial charge in [0.25, 0.3) is 0 Å². The van der Waals surface area contributed by atoms with Gasteiger partial charge in [0.05, 0.1) is 12.2 Å². The van der Waals surface area contributed by atoms with E-state index in [-0.39, 0.29) is 0 Å². The van der Waals surface area contributed by atoms with Gasteiger partial charge in [-0.3, -0.25) is 4.99 Å². The molecule has 0 saturated heterocycles. The largest absolute Gasteiger partial charge is 0.444 e. The van der Waals surface area contributed by atoms with Gasteiger partial charge in [0.1, 0.15) is 6.26 Å². The Balaban J connectivity index is 1.55. The van der Waals surface area contributed by atoms with Gasteiger partial charge in [-0.05, 0) is 37.8 Å². The van der Waals surface area contributed by atoms with E-state index in [1.54, 1.807) is 13.3 Å². The number of aryl methyl sites for hydroxylation is 1. The summed E-state index contributed by atoms with van der Waals surface area (Å²) < 4.78 is 5.55. The molecule has 5 nitrogen and oxygen atoms in total. The van der Waals surface area contributed by atoms with Crippen molar-refractivity contribution in [1.29, 1.82) is 0 Å². The van der Waals surface area contributed by atoms with Gasteiger partial charge in [-0.25, -0.2) is 4.98 Å². The van der Waals surface area contributed by atoms with Crippen LogP contribution in [0.15, 0.2) is 39.9 Å². The number of rotatable bonds is 5. The highest BCUT2D eigenvalue weighted by atomic mass is 16.3. The first-order chi connectivity index (χ1) is 10.7. The van der Waals surface area contributed by atoms with Crippen LogP contribution in [0.5, 0.6) is 0 Å². The van der Waals surface area contributed by atoms with Crippen LogP contribution in [0.4, 0.5) is 0 Å². The molecule has 1 saturated carbocycles. The number of guanidine groups is 1. The van der Waals surface area contributed by atoms with Crippen molar-refractivity contribution >= 4 is 5.96 Å². The topological polar surface area (TPSA) is 62.5 Å². The predicted octanol–water partition coefficient (Wildman–Crippen LogP) is 2.73. The first-order valence-corrected chi connectivity index (χ1v) is 7.70. The van der Waals surface area contributed by atoms with Gasteiger partial charge in [0.15, 0.2) is 5.96 Å². The molecule has 0 amide bonds. The van der Waals surface area contributed by atoms with E-state index in [0.29, 0.717) is 12.4 Å². The summed E-state index contributed by atoms with van der Waals surface area (Å²) in [5.74, 6) is 2.28. The third-order valence-corrected chi connectivity index (χ3v) is 3.77. The number of oxazole rings is 1. The molecule has 1 fully saturated rings. The SMILES string of the molecule is CN=C(NCc1coc(-c2ccc(C)cc2)n1)NCC1CC1. The molecule has 22 heavy (non-hydrogen) atoms. The first-order valence-electron chi connectivity index (χ1n) is 7.70. The lowest BCUT2D eigenvalue weighted by atomic mass is 10.1. The maximum atomic E-state index is 5.55. The van der Waals surface area contributed by atoms with Crippen LogP contribution < -0.4 is 10.6 Å². The Bertz CT molecular complexity index is 641. The fraction of sp³-hybridized carbons (Fsp3) is 0.412. The average molecular weight is 298 g/mol. The molecule has 1 aliphatic carbocycles. The van der Waals surface area contributed by atoms with Crippen LogP contribution in [0.2, 0.25) is 0 Å². The minimum Gasteiger partial charge on any atom is -0.444 e. The highest BCUT2D eigenvalue weighted by molar-refractivity contribution is 5.79. The highest BCUT2D eigenvalue weighted by Gasteiger charge is 2.21. The van der Waals surface area contributed by atoms with Crippen molar-refractivity contribution in [3.63, 3.8) is 0 Å². The molecule has 0 spiro atoms. The number of aromatic nitrogens is 1. The molecule has 1 aromatic carbocycles. The molecule has 116 valence electrons. The minimum absolute atomic E-state index is 0.597. The fourth-order valence-corrected chi connectivity index (χ4v) is 2.17. The van der Waals surface area contributed by atoms with Crippen LogP contribution in [0, 0.1) is 12.8 Å².